The Kier molecular flexibility index (Phi) is 4.32. The summed E-state index contributed by atoms with van der Waals surface area (Å²) in [7, 11) is 1.66. The second-order valence-corrected chi connectivity index (χ2v) is 7.40. The van der Waals surface area contributed by atoms with Gasteiger partial charge in [0.05, 0.1) is 0 Å². The quantitative estimate of drug-likeness (QED) is 0.687. The minimum absolute atomic E-state index is 0.0567. The fourth-order valence-corrected chi connectivity index (χ4v) is 4.40. The molecule has 0 spiro atoms. The van der Waals surface area contributed by atoms with Crippen LogP contribution in [0.1, 0.15) is 22.8 Å². The van der Waals surface area contributed by atoms with Crippen molar-refractivity contribution >= 4 is 40.7 Å². The van der Waals surface area contributed by atoms with Crippen LogP contribution in [0.4, 0.5) is 0 Å². The molecule has 2 aromatic carbocycles. The molecular formula is C18H18N2OSe. The summed E-state index contributed by atoms with van der Waals surface area (Å²) in [4.78, 5) is 15.2. The first-order chi connectivity index (χ1) is 10.7. The van der Waals surface area contributed by atoms with Gasteiger partial charge in [-0.15, -0.1) is 0 Å². The van der Waals surface area contributed by atoms with E-state index in [1.165, 1.54) is 14.5 Å². The predicted molar refractivity (Wildman–Crippen MR) is 92.5 cm³/mol. The first kappa shape index (κ1) is 14.9. The van der Waals surface area contributed by atoms with E-state index in [1.54, 1.807) is 7.05 Å². The van der Waals surface area contributed by atoms with Gasteiger partial charge in [0.2, 0.25) is 0 Å². The van der Waals surface area contributed by atoms with Crippen LogP contribution < -0.4 is 14.2 Å². The van der Waals surface area contributed by atoms with Crippen molar-refractivity contribution in [2.24, 2.45) is 0 Å². The number of hydrogen-bond acceptors (Lipinski definition) is 1. The number of benzene rings is 2. The van der Waals surface area contributed by atoms with Crippen molar-refractivity contribution in [3.8, 4) is 0 Å². The van der Waals surface area contributed by atoms with Gasteiger partial charge in [0.15, 0.2) is 0 Å². The molecule has 3 nitrogen and oxygen atoms in total. The van der Waals surface area contributed by atoms with E-state index in [0.717, 1.165) is 17.3 Å². The van der Waals surface area contributed by atoms with E-state index < -0.39 is 0 Å². The number of H-pyrrole nitrogens is 1. The second-order valence-electron chi connectivity index (χ2n) is 5.06. The van der Waals surface area contributed by atoms with E-state index in [2.05, 4.69) is 47.6 Å². The van der Waals surface area contributed by atoms with Gasteiger partial charge >= 0.3 is 136 Å². The van der Waals surface area contributed by atoms with E-state index in [-0.39, 0.29) is 20.9 Å². The molecule has 0 aliphatic carbocycles. The number of amides is 1. The van der Waals surface area contributed by atoms with Crippen molar-refractivity contribution in [2.75, 3.05) is 7.05 Å². The fraction of sp³-hybridized carbons (Fsp3) is 0.167. The van der Waals surface area contributed by atoms with E-state index in [0.29, 0.717) is 5.56 Å². The van der Waals surface area contributed by atoms with Crippen molar-refractivity contribution in [3.05, 3.63) is 59.8 Å². The number of para-hydroxylation sites is 1. The zero-order valence-corrected chi connectivity index (χ0v) is 14.4. The molecule has 3 aromatic rings. The van der Waals surface area contributed by atoms with Gasteiger partial charge in [0.25, 0.3) is 0 Å². The monoisotopic (exact) mass is 358 g/mol. The van der Waals surface area contributed by atoms with Gasteiger partial charge in [0.1, 0.15) is 0 Å². The summed E-state index contributed by atoms with van der Waals surface area (Å²) in [6.07, 6.45) is 3.10. The maximum absolute atomic E-state index is 11.9. The molecule has 1 heterocycles. The summed E-state index contributed by atoms with van der Waals surface area (Å²) in [5.41, 5.74) is 2.98. The Bertz CT molecular complexity index is 806. The van der Waals surface area contributed by atoms with Crippen LogP contribution in [-0.4, -0.2) is 32.9 Å². The van der Waals surface area contributed by atoms with Crippen molar-refractivity contribution in [1.82, 2.24) is 10.3 Å². The topological polar surface area (TPSA) is 44.9 Å². The molecule has 0 saturated heterocycles. The number of rotatable bonds is 4. The zero-order valence-electron chi connectivity index (χ0n) is 12.6. The van der Waals surface area contributed by atoms with Crippen molar-refractivity contribution < 1.29 is 4.79 Å². The van der Waals surface area contributed by atoms with Crippen LogP contribution in [0, 0.1) is 0 Å². The van der Waals surface area contributed by atoms with Gasteiger partial charge in [-0.1, -0.05) is 0 Å². The Hall–Kier alpha value is -2.03. The van der Waals surface area contributed by atoms with E-state index >= 15 is 0 Å². The molecule has 0 saturated carbocycles. The Morgan fingerprint density at radius 1 is 1.18 bits per heavy atom. The number of aromatic nitrogens is 1. The maximum atomic E-state index is 11.9. The Balaban J connectivity index is 1.96. The molecule has 4 heteroatoms. The molecular weight excluding hydrogens is 339 g/mol. The first-order valence-corrected chi connectivity index (χ1v) is 9.03. The number of aromatic amines is 1. The molecule has 0 atom stereocenters. The van der Waals surface area contributed by atoms with Crippen LogP contribution in [0.15, 0.2) is 48.7 Å². The molecule has 0 fully saturated rings. The molecule has 3 rings (SSSR count). The molecule has 22 heavy (non-hydrogen) atoms. The summed E-state index contributed by atoms with van der Waals surface area (Å²) in [6.45, 7) is 2.17. The van der Waals surface area contributed by atoms with E-state index in [9.17, 15) is 4.79 Å². The average molecular weight is 357 g/mol. The molecule has 2 N–H and O–H groups in total. The second kappa shape index (κ2) is 6.39. The molecule has 1 aromatic heterocycles. The summed E-state index contributed by atoms with van der Waals surface area (Å²) in [6, 6.07) is 14.7. The van der Waals surface area contributed by atoms with Gasteiger partial charge in [-0.25, -0.2) is 0 Å². The Labute approximate surface area is 136 Å². The number of fused-ring (bicyclic) bond motifs is 1. The molecule has 0 unspecified atom stereocenters. The minimum atomic E-state index is -0.0567. The zero-order chi connectivity index (χ0) is 15.5. The van der Waals surface area contributed by atoms with Crippen LogP contribution in [0.2, 0.25) is 0 Å². The molecule has 0 radical (unpaired) electrons. The van der Waals surface area contributed by atoms with Crippen LogP contribution in [0.5, 0.6) is 0 Å². The third-order valence-corrected chi connectivity index (χ3v) is 5.94. The fourth-order valence-electron chi connectivity index (χ4n) is 2.46. The van der Waals surface area contributed by atoms with E-state index in [1.807, 2.05) is 18.3 Å². The average Bonchev–Trinajstić information content (AvgIpc) is 2.98. The Morgan fingerprint density at radius 3 is 2.64 bits per heavy atom. The standard InChI is InChI=1S/C18H18N2OSe/c1-3-12-7-9-13(10-8-12)22-16-11-20-17-14(16)5-4-6-15(17)18(21)19-2/h4-11,20H,3H2,1-2H3,(H,19,21). The normalized spacial score (nSPS) is 10.8. The molecule has 0 aliphatic rings. The van der Waals surface area contributed by atoms with Crippen molar-refractivity contribution in [3.63, 3.8) is 0 Å². The van der Waals surface area contributed by atoms with Crippen LogP contribution in [0.25, 0.3) is 10.9 Å². The van der Waals surface area contributed by atoms with Gasteiger partial charge < -0.3 is 0 Å². The van der Waals surface area contributed by atoms with Gasteiger partial charge in [0, 0.05) is 0 Å². The number of carbonyl (C=O) groups excluding carboxylic acids is 1. The number of nitrogens with one attached hydrogen (secondary N) is 2. The van der Waals surface area contributed by atoms with Crippen molar-refractivity contribution in [2.45, 2.75) is 13.3 Å². The van der Waals surface area contributed by atoms with Crippen molar-refractivity contribution in [1.29, 1.82) is 0 Å². The first-order valence-electron chi connectivity index (χ1n) is 7.32. The molecule has 0 bridgehead atoms. The van der Waals surface area contributed by atoms with Crippen LogP contribution >= 0.6 is 0 Å². The summed E-state index contributed by atoms with van der Waals surface area (Å²) in [5.74, 6) is -0.0567. The van der Waals surface area contributed by atoms with Gasteiger partial charge in [-0.2, -0.15) is 0 Å². The summed E-state index contributed by atoms with van der Waals surface area (Å²) < 4.78 is 2.62. The van der Waals surface area contributed by atoms with Crippen LogP contribution in [0.3, 0.4) is 0 Å². The molecule has 112 valence electrons. The third kappa shape index (κ3) is 2.80. The molecule has 1 amide bonds. The number of aryl methyl sites for hydroxylation is 1. The van der Waals surface area contributed by atoms with Crippen LogP contribution in [-0.2, 0) is 6.42 Å². The number of carbonyl (C=O) groups is 1. The van der Waals surface area contributed by atoms with Gasteiger partial charge in [-0.05, 0) is 0 Å². The Morgan fingerprint density at radius 2 is 1.95 bits per heavy atom. The summed E-state index contributed by atoms with van der Waals surface area (Å²) in [5, 5.41) is 3.83. The molecule has 0 aliphatic heterocycles. The summed E-state index contributed by atoms with van der Waals surface area (Å²) >= 11 is 0.228. The number of hydrogen-bond donors (Lipinski definition) is 2. The SMILES string of the molecule is CCc1ccc([Se]c2c[nH]c3c(C(=O)NC)cccc23)cc1. The predicted octanol–water partition coefficient (Wildman–Crippen LogP) is 1.74. The van der Waals surface area contributed by atoms with E-state index in [4.69, 9.17) is 0 Å². The third-order valence-electron chi connectivity index (χ3n) is 3.71. The van der Waals surface area contributed by atoms with Gasteiger partial charge in [-0.3, -0.25) is 0 Å².